The molecule has 2 heterocycles. The number of carbonyl (C=O) groups excluding carboxylic acids is 1. The van der Waals surface area contributed by atoms with Crippen LogP contribution < -0.4 is 15.8 Å². The molecule has 0 spiro atoms. The number of benzene rings is 1. The van der Waals surface area contributed by atoms with Gasteiger partial charge < -0.3 is 15.8 Å². The molecule has 0 bridgehead atoms. The summed E-state index contributed by atoms with van der Waals surface area (Å²) in [5, 5.41) is 11.8. The summed E-state index contributed by atoms with van der Waals surface area (Å²) >= 11 is 1.24. The average Bonchev–Trinajstić information content (AvgIpc) is 2.99. The number of anilines is 1. The molecule has 1 aromatic carbocycles. The summed E-state index contributed by atoms with van der Waals surface area (Å²) in [5.74, 6) is 6.43. The van der Waals surface area contributed by atoms with Crippen LogP contribution in [0.2, 0.25) is 0 Å². The van der Waals surface area contributed by atoms with Crippen LogP contribution in [0.1, 0.15) is 26.5 Å². The molecule has 7 heteroatoms. The van der Waals surface area contributed by atoms with Crippen LogP contribution in [0, 0.1) is 25.7 Å². The molecule has 3 rings (SSSR count). The third kappa shape index (κ3) is 3.46. The molecule has 0 saturated heterocycles. The number of carbonyl (C=O) groups is 1. The fraction of sp³-hybridized carbons (Fsp3) is 0.211. The van der Waals surface area contributed by atoms with Crippen molar-refractivity contribution >= 4 is 33.1 Å². The van der Waals surface area contributed by atoms with E-state index in [2.05, 4.69) is 27.4 Å². The van der Waals surface area contributed by atoms with E-state index in [1.54, 1.807) is 7.11 Å². The molecular weight excluding hydrogens is 348 g/mol. The number of amides is 1. The molecule has 0 unspecified atom stereocenters. The molecule has 0 radical (unpaired) electrons. The Hall–Kier alpha value is -3.11. The lowest BCUT2D eigenvalue weighted by atomic mass is 10.1. The van der Waals surface area contributed by atoms with Crippen LogP contribution in [0.15, 0.2) is 24.3 Å². The van der Waals surface area contributed by atoms with Crippen molar-refractivity contribution in [3.63, 3.8) is 0 Å². The maximum atomic E-state index is 12.4. The van der Waals surface area contributed by atoms with Crippen molar-refractivity contribution in [1.29, 1.82) is 0 Å². The van der Waals surface area contributed by atoms with Crippen LogP contribution in [0.4, 0.5) is 5.69 Å². The first kappa shape index (κ1) is 17.7. The number of methoxy groups -OCH3 is 1. The second kappa shape index (κ2) is 7.42. The maximum Gasteiger partial charge on any atom is 0.264 e. The number of nitrogen functional groups attached to an aromatic ring is 1. The largest absolute Gasteiger partial charge is 0.497 e. The van der Waals surface area contributed by atoms with Gasteiger partial charge in [-0.15, -0.1) is 16.4 Å². The minimum absolute atomic E-state index is 0.224. The van der Waals surface area contributed by atoms with Gasteiger partial charge in [0.05, 0.1) is 25.0 Å². The summed E-state index contributed by atoms with van der Waals surface area (Å²) in [7, 11) is 1.62. The van der Waals surface area contributed by atoms with Gasteiger partial charge in [0.15, 0.2) is 0 Å². The zero-order chi connectivity index (χ0) is 18.7. The van der Waals surface area contributed by atoms with Crippen LogP contribution >= 0.6 is 11.3 Å². The molecule has 2 aromatic heterocycles. The highest BCUT2D eigenvalue weighted by Crippen LogP contribution is 2.34. The fourth-order valence-corrected chi connectivity index (χ4v) is 3.45. The maximum absolute atomic E-state index is 12.4. The number of nitrogens with two attached hydrogens (primary N) is 1. The van der Waals surface area contributed by atoms with Gasteiger partial charge >= 0.3 is 0 Å². The fourth-order valence-electron chi connectivity index (χ4n) is 2.43. The van der Waals surface area contributed by atoms with Gasteiger partial charge in [-0.3, -0.25) is 4.79 Å². The van der Waals surface area contributed by atoms with Crippen molar-refractivity contribution < 1.29 is 9.53 Å². The van der Waals surface area contributed by atoms with Gasteiger partial charge in [-0.2, -0.15) is 5.10 Å². The van der Waals surface area contributed by atoms with Gasteiger partial charge in [-0.25, -0.2) is 0 Å². The van der Waals surface area contributed by atoms with E-state index in [1.807, 2.05) is 38.1 Å². The predicted octanol–water partition coefficient (Wildman–Crippen LogP) is 2.68. The summed E-state index contributed by atoms with van der Waals surface area (Å²) < 4.78 is 5.10. The zero-order valence-corrected chi connectivity index (χ0v) is 15.5. The van der Waals surface area contributed by atoms with Crippen molar-refractivity contribution in [2.75, 3.05) is 19.4 Å². The zero-order valence-electron chi connectivity index (χ0n) is 14.7. The Balaban J connectivity index is 1.71. The molecule has 0 atom stereocenters. The van der Waals surface area contributed by atoms with Crippen molar-refractivity contribution in [2.45, 2.75) is 13.8 Å². The highest BCUT2D eigenvalue weighted by molar-refractivity contribution is 7.21. The summed E-state index contributed by atoms with van der Waals surface area (Å²) in [4.78, 5) is 13.5. The Morgan fingerprint density at radius 3 is 2.69 bits per heavy atom. The molecule has 0 aliphatic rings. The molecule has 0 fully saturated rings. The lowest BCUT2D eigenvalue weighted by Gasteiger charge is -2.01. The first-order valence-corrected chi connectivity index (χ1v) is 8.76. The number of aryl methyl sites for hydroxylation is 2. The highest BCUT2D eigenvalue weighted by Gasteiger charge is 2.19. The van der Waals surface area contributed by atoms with Crippen LogP contribution in [-0.2, 0) is 0 Å². The van der Waals surface area contributed by atoms with Crippen molar-refractivity contribution in [2.24, 2.45) is 0 Å². The summed E-state index contributed by atoms with van der Waals surface area (Å²) in [6.45, 7) is 4.02. The van der Waals surface area contributed by atoms with Gasteiger partial charge in [0.1, 0.15) is 15.5 Å². The third-order valence-corrected chi connectivity index (χ3v) is 5.09. The number of hydrogen-bond acceptors (Lipinski definition) is 6. The Bertz CT molecular complexity index is 1030. The van der Waals surface area contributed by atoms with Gasteiger partial charge in [0.2, 0.25) is 0 Å². The van der Waals surface area contributed by atoms with Gasteiger partial charge in [0, 0.05) is 10.9 Å². The van der Waals surface area contributed by atoms with E-state index in [-0.39, 0.29) is 12.5 Å². The topological polar surface area (TPSA) is 90.1 Å². The minimum Gasteiger partial charge on any atom is -0.497 e. The Morgan fingerprint density at radius 1 is 1.27 bits per heavy atom. The van der Waals surface area contributed by atoms with Crippen LogP contribution in [0.3, 0.4) is 0 Å². The lowest BCUT2D eigenvalue weighted by molar-refractivity contribution is 0.0963. The molecule has 3 aromatic rings. The monoisotopic (exact) mass is 366 g/mol. The molecule has 1 amide bonds. The number of thiophene rings is 1. The van der Waals surface area contributed by atoms with Gasteiger partial charge in [-0.05, 0) is 43.7 Å². The quantitative estimate of drug-likeness (QED) is 0.696. The van der Waals surface area contributed by atoms with E-state index in [0.717, 1.165) is 28.0 Å². The number of nitrogens with one attached hydrogen (secondary N) is 1. The van der Waals surface area contributed by atoms with E-state index in [9.17, 15) is 4.79 Å². The first-order valence-electron chi connectivity index (χ1n) is 7.94. The van der Waals surface area contributed by atoms with E-state index in [1.165, 1.54) is 11.3 Å². The molecule has 0 saturated carbocycles. The Labute approximate surface area is 155 Å². The van der Waals surface area contributed by atoms with Gasteiger partial charge in [0.25, 0.3) is 5.91 Å². The third-order valence-electron chi connectivity index (χ3n) is 4.00. The SMILES string of the molecule is COc1ccc(C#CCNC(=O)c2sc3nnc(C)c(C)c3c2N)cc1. The van der Waals surface area contributed by atoms with Crippen LogP contribution in [0.5, 0.6) is 5.75 Å². The molecule has 132 valence electrons. The first-order chi connectivity index (χ1) is 12.5. The predicted molar refractivity (Wildman–Crippen MR) is 104 cm³/mol. The molecule has 0 aliphatic carbocycles. The van der Waals surface area contributed by atoms with E-state index in [4.69, 9.17) is 10.5 Å². The number of nitrogens with zero attached hydrogens (tertiary/aromatic N) is 2. The number of fused-ring (bicyclic) bond motifs is 1. The van der Waals surface area contributed by atoms with Crippen LogP contribution in [0.25, 0.3) is 10.2 Å². The molecule has 26 heavy (non-hydrogen) atoms. The number of ether oxygens (including phenoxy) is 1. The van der Waals surface area contributed by atoms with E-state index in [0.29, 0.717) is 15.4 Å². The summed E-state index contributed by atoms with van der Waals surface area (Å²) in [6, 6.07) is 7.40. The molecule has 3 N–H and O–H groups in total. The normalized spacial score (nSPS) is 10.3. The van der Waals surface area contributed by atoms with Crippen molar-refractivity contribution in [3.8, 4) is 17.6 Å². The molecular formula is C19H18N4O2S. The van der Waals surface area contributed by atoms with Gasteiger partial charge in [-0.1, -0.05) is 11.8 Å². The second-order valence-electron chi connectivity index (χ2n) is 5.65. The molecule has 6 nitrogen and oxygen atoms in total. The lowest BCUT2D eigenvalue weighted by Crippen LogP contribution is -2.23. The summed E-state index contributed by atoms with van der Waals surface area (Å²) in [6.07, 6.45) is 0. The van der Waals surface area contributed by atoms with Crippen molar-refractivity contribution in [1.82, 2.24) is 15.5 Å². The number of rotatable bonds is 3. The van der Waals surface area contributed by atoms with E-state index >= 15 is 0 Å². The Morgan fingerprint density at radius 2 is 2.00 bits per heavy atom. The highest BCUT2D eigenvalue weighted by atomic mass is 32.1. The number of aromatic nitrogens is 2. The number of hydrogen-bond donors (Lipinski definition) is 2. The standard InChI is InChI=1S/C19H18N4O2S/c1-11-12(2)22-23-19-15(11)16(20)17(26-19)18(24)21-10-4-5-13-6-8-14(25-3)9-7-13/h6-9H,10,20H2,1-3H3,(H,21,24). The molecule has 0 aliphatic heterocycles. The smallest absolute Gasteiger partial charge is 0.264 e. The second-order valence-corrected chi connectivity index (χ2v) is 6.65. The summed E-state index contributed by atoms with van der Waals surface area (Å²) in [5.41, 5.74) is 9.21. The van der Waals surface area contributed by atoms with Crippen molar-refractivity contribution in [3.05, 3.63) is 46.0 Å². The van der Waals surface area contributed by atoms with Crippen LogP contribution in [-0.4, -0.2) is 29.8 Å². The Kier molecular flexibility index (Phi) is 5.05. The minimum atomic E-state index is -0.258. The average molecular weight is 366 g/mol. The van der Waals surface area contributed by atoms with E-state index < -0.39 is 0 Å².